The van der Waals surface area contributed by atoms with Crippen LogP contribution in [-0.2, 0) is 29.7 Å². The summed E-state index contributed by atoms with van der Waals surface area (Å²) in [5, 5.41) is 5.74. The molecule has 3 heterocycles. The molecule has 0 bridgehead atoms. The third-order valence-corrected chi connectivity index (χ3v) is 4.56. The zero-order valence-corrected chi connectivity index (χ0v) is 16.2. The molecule has 0 spiro atoms. The number of esters is 1. The summed E-state index contributed by atoms with van der Waals surface area (Å²) in [6, 6.07) is 0. The fraction of sp³-hybridized carbons (Fsp3) is 0.588. The summed E-state index contributed by atoms with van der Waals surface area (Å²) in [4.78, 5) is 41.9. The molecule has 3 rings (SSSR count). The number of hydrogen-bond acceptors (Lipinski definition) is 7. The quantitative estimate of drug-likeness (QED) is 0.696. The molecule has 10 heteroatoms. The van der Waals surface area contributed by atoms with Gasteiger partial charge in [-0.2, -0.15) is 10.1 Å². The smallest absolute Gasteiger partial charge is 0.332 e. The minimum atomic E-state index is -0.477. The monoisotopic (exact) mass is 376 g/mol. The highest BCUT2D eigenvalue weighted by Gasteiger charge is 2.27. The predicted octanol–water partition coefficient (Wildman–Crippen LogP) is 0.312. The number of hydrogen-bond donors (Lipinski definition) is 0. The first-order chi connectivity index (χ1) is 12.7. The molecule has 27 heavy (non-hydrogen) atoms. The third-order valence-electron chi connectivity index (χ3n) is 4.56. The molecule has 0 saturated heterocycles. The molecule has 1 aliphatic heterocycles. The van der Waals surface area contributed by atoms with Gasteiger partial charge in [-0.3, -0.25) is 23.3 Å². The number of carbonyl (C=O) groups is 1. The summed E-state index contributed by atoms with van der Waals surface area (Å²) < 4.78 is 9.03. The Bertz CT molecular complexity index is 1040. The maximum Gasteiger partial charge on any atom is 0.332 e. The summed E-state index contributed by atoms with van der Waals surface area (Å²) in [6.45, 7) is 6.46. The number of imidazole rings is 1. The largest absolute Gasteiger partial charge is 0.468 e. The molecule has 0 amide bonds. The number of aromatic nitrogens is 4. The number of rotatable bonds is 5. The van der Waals surface area contributed by atoms with Gasteiger partial charge in [0.25, 0.3) is 5.56 Å². The minimum absolute atomic E-state index is 0.132. The highest BCUT2D eigenvalue weighted by Crippen LogP contribution is 2.23. The molecule has 0 aromatic carbocycles. The maximum atomic E-state index is 13.1. The highest BCUT2D eigenvalue weighted by molar-refractivity contribution is 5.89. The van der Waals surface area contributed by atoms with Gasteiger partial charge in [0.15, 0.2) is 11.2 Å². The van der Waals surface area contributed by atoms with Gasteiger partial charge < -0.3 is 4.74 Å². The maximum absolute atomic E-state index is 13.1. The third kappa shape index (κ3) is 3.26. The molecular formula is C17H24N6O4. The second kappa shape index (κ2) is 7.01. The number of aryl methyl sites for hydroxylation is 1. The molecular weight excluding hydrogens is 352 g/mol. The second-order valence-corrected chi connectivity index (χ2v) is 7.12. The van der Waals surface area contributed by atoms with Gasteiger partial charge in [-0.05, 0) is 19.3 Å². The molecule has 1 aliphatic rings. The van der Waals surface area contributed by atoms with E-state index in [-0.39, 0.29) is 17.8 Å². The summed E-state index contributed by atoms with van der Waals surface area (Å²) in [5.74, 6) is 0.228. The van der Waals surface area contributed by atoms with Gasteiger partial charge in [0.2, 0.25) is 5.95 Å². The Morgan fingerprint density at radius 3 is 2.63 bits per heavy atom. The summed E-state index contributed by atoms with van der Waals surface area (Å²) >= 11 is 0. The van der Waals surface area contributed by atoms with Gasteiger partial charge in [-0.25, -0.2) is 9.80 Å². The van der Waals surface area contributed by atoms with Gasteiger partial charge in [-0.1, -0.05) is 13.8 Å². The summed E-state index contributed by atoms with van der Waals surface area (Å²) in [5.41, 5.74) is 0.550. The van der Waals surface area contributed by atoms with Gasteiger partial charge >= 0.3 is 11.7 Å². The molecule has 0 radical (unpaired) electrons. The lowest BCUT2D eigenvalue weighted by atomic mass is 10.1. The van der Waals surface area contributed by atoms with Crippen LogP contribution in [0.25, 0.3) is 11.2 Å². The van der Waals surface area contributed by atoms with E-state index in [4.69, 9.17) is 4.74 Å². The Balaban J connectivity index is 2.21. The van der Waals surface area contributed by atoms with Crippen molar-refractivity contribution < 1.29 is 9.53 Å². The first-order valence-corrected chi connectivity index (χ1v) is 8.83. The number of hydrazone groups is 1. The van der Waals surface area contributed by atoms with Crippen molar-refractivity contribution in [2.24, 2.45) is 18.1 Å². The van der Waals surface area contributed by atoms with Gasteiger partial charge in [-0.15, -0.1) is 0 Å². The summed E-state index contributed by atoms with van der Waals surface area (Å²) in [7, 11) is 2.89. The normalized spacial score (nSPS) is 13.9. The first kappa shape index (κ1) is 18.9. The van der Waals surface area contributed by atoms with Crippen molar-refractivity contribution in [1.82, 2.24) is 18.7 Å². The van der Waals surface area contributed by atoms with Crippen LogP contribution in [0.5, 0.6) is 0 Å². The van der Waals surface area contributed by atoms with Crippen molar-refractivity contribution >= 4 is 28.8 Å². The van der Waals surface area contributed by atoms with Crippen LogP contribution in [-0.4, -0.2) is 44.0 Å². The van der Waals surface area contributed by atoms with E-state index in [0.29, 0.717) is 36.2 Å². The van der Waals surface area contributed by atoms with E-state index >= 15 is 0 Å². The molecule has 0 aliphatic carbocycles. The molecule has 0 unspecified atom stereocenters. The number of fused-ring (bicyclic) bond motifs is 3. The van der Waals surface area contributed by atoms with E-state index in [1.807, 2.05) is 13.8 Å². The van der Waals surface area contributed by atoms with E-state index < -0.39 is 11.7 Å². The van der Waals surface area contributed by atoms with E-state index in [9.17, 15) is 14.4 Å². The SMILES string of the molecule is COC(=O)CN1N=C(C)Cn2c1nc1c2c(=O)n(CCC(C)C)c(=O)n1C. The molecule has 0 N–H and O–H groups in total. The van der Waals surface area contributed by atoms with Crippen molar-refractivity contribution in [3.05, 3.63) is 20.8 Å². The topological polar surface area (TPSA) is 104 Å². The Labute approximate surface area is 155 Å². The molecule has 0 atom stereocenters. The Morgan fingerprint density at radius 1 is 1.30 bits per heavy atom. The van der Waals surface area contributed by atoms with Gasteiger partial charge in [0.05, 0.1) is 19.4 Å². The van der Waals surface area contributed by atoms with Crippen molar-refractivity contribution in [2.75, 3.05) is 18.7 Å². The van der Waals surface area contributed by atoms with E-state index in [0.717, 1.165) is 6.42 Å². The van der Waals surface area contributed by atoms with E-state index in [1.54, 1.807) is 18.5 Å². The minimum Gasteiger partial charge on any atom is -0.468 e. The second-order valence-electron chi connectivity index (χ2n) is 7.12. The highest BCUT2D eigenvalue weighted by atomic mass is 16.5. The average molecular weight is 376 g/mol. The van der Waals surface area contributed by atoms with Crippen LogP contribution in [0.1, 0.15) is 27.2 Å². The predicted molar refractivity (Wildman–Crippen MR) is 101 cm³/mol. The molecule has 10 nitrogen and oxygen atoms in total. The molecule has 2 aromatic rings. The van der Waals surface area contributed by atoms with Crippen LogP contribution in [0.4, 0.5) is 5.95 Å². The van der Waals surface area contributed by atoms with Crippen molar-refractivity contribution in [3.8, 4) is 0 Å². The Hall–Kier alpha value is -2.91. The van der Waals surface area contributed by atoms with Crippen molar-refractivity contribution in [1.29, 1.82) is 0 Å². The van der Waals surface area contributed by atoms with Crippen LogP contribution in [0.15, 0.2) is 14.7 Å². The van der Waals surface area contributed by atoms with Crippen LogP contribution < -0.4 is 16.3 Å². The first-order valence-electron chi connectivity index (χ1n) is 8.83. The fourth-order valence-corrected chi connectivity index (χ4v) is 3.10. The van der Waals surface area contributed by atoms with Crippen LogP contribution in [0, 0.1) is 5.92 Å². The average Bonchev–Trinajstić information content (AvgIpc) is 2.99. The van der Waals surface area contributed by atoms with Crippen molar-refractivity contribution in [3.63, 3.8) is 0 Å². The Morgan fingerprint density at radius 2 is 2.00 bits per heavy atom. The summed E-state index contributed by atoms with van der Waals surface area (Å²) in [6.07, 6.45) is 0.719. The standard InChI is InChI=1S/C17H24N6O4/c1-10(2)6-7-21-15(25)13-14(20(4)17(21)26)18-16-22(13)8-11(3)19-23(16)9-12(24)27-5/h10H,6-9H2,1-5H3. The van der Waals surface area contributed by atoms with E-state index in [1.165, 1.54) is 21.3 Å². The number of methoxy groups -OCH3 is 1. The lowest BCUT2D eigenvalue weighted by molar-refractivity contribution is -0.139. The zero-order chi connectivity index (χ0) is 19.9. The van der Waals surface area contributed by atoms with Gasteiger partial charge in [0.1, 0.15) is 6.54 Å². The van der Waals surface area contributed by atoms with E-state index in [2.05, 4.69) is 10.1 Å². The number of nitrogens with zero attached hydrogens (tertiary/aromatic N) is 6. The number of carbonyl (C=O) groups excluding carboxylic acids is 1. The lowest BCUT2D eigenvalue weighted by Crippen LogP contribution is -2.40. The molecule has 2 aromatic heterocycles. The molecule has 146 valence electrons. The number of ether oxygens (including phenoxy) is 1. The molecule has 0 saturated carbocycles. The van der Waals surface area contributed by atoms with Crippen molar-refractivity contribution in [2.45, 2.75) is 40.3 Å². The lowest BCUT2D eigenvalue weighted by Gasteiger charge is -2.23. The fourth-order valence-electron chi connectivity index (χ4n) is 3.10. The van der Waals surface area contributed by atoms with Crippen LogP contribution in [0.3, 0.4) is 0 Å². The number of anilines is 1. The Kier molecular flexibility index (Phi) is 4.90. The van der Waals surface area contributed by atoms with Crippen LogP contribution >= 0.6 is 0 Å². The van der Waals surface area contributed by atoms with Gasteiger partial charge in [0, 0.05) is 13.6 Å². The molecule has 0 fully saturated rings. The zero-order valence-electron chi connectivity index (χ0n) is 16.2. The van der Waals surface area contributed by atoms with Crippen LogP contribution in [0.2, 0.25) is 0 Å².